The number of benzene rings is 1. The quantitative estimate of drug-likeness (QED) is 0.859. The number of methoxy groups -OCH3 is 2. The fourth-order valence-electron chi connectivity index (χ4n) is 2.52. The Bertz CT molecular complexity index is 537. The van der Waals surface area contributed by atoms with Crippen LogP contribution in [-0.4, -0.2) is 56.0 Å². The molecule has 0 amide bonds. The molecule has 0 spiro atoms. The monoisotopic (exact) mass is 313 g/mol. The molecule has 0 bridgehead atoms. The minimum absolute atomic E-state index is 0.0328. The van der Waals surface area contributed by atoms with E-state index in [-0.39, 0.29) is 12.5 Å². The summed E-state index contributed by atoms with van der Waals surface area (Å²) in [6, 6.07) is 2.60. The Balaban J connectivity index is 2.18. The predicted molar refractivity (Wildman–Crippen MR) is 76.8 cm³/mol. The molecule has 1 aliphatic rings. The number of carboxylic acid groups (broad SMARTS) is 1. The summed E-state index contributed by atoms with van der Waals surface area (Å²) in [5.41, 5.74) is 0.440. The van der Waals surface area contributed by atoms with Crippen molar-refractivity contribution in [1.82, 2.24) is 4.90 Å². The second-order valence-electron chi connectivity index (χ2n) is 5.10. The molecule has 1 aromatic rings. The summed E-state index contributed by atoms with van der Waals surface area (Å²) in [5.74, 6) is -0.527. The van der Waals surface area contributed by atoms with Crippen molar-refractivity contribution >= 4 is 5.97 Å². The number of nitrogens with zero attached hydrogens (tertiary/aromatic N) is 1. The number of hydrogen-bond donors (Lipinski definition) is 1. The number of ether oxygens (including phenoxy) is 3. The van der Waals surface area contributed by atoms with Crippen LogP contribution in [0.25, 0.3) is 0 Å². The van der Waals surface area contributed by atoms with Gasteiger partial charge in [-0.1, -0.05) is 0 Å². The zero-order valence-electron chi connectivity index (χ0n) is 12.7. The Morgan fingerprint density at radius 1 is 1.41 bits per heavy atom. The molecule has 0 saturated carbocycles. The van der Waals surface area contributed by atoms with Crippen LogP contribution < -0.4 is 9.47 Å². The van der Waals surface area contributed by atoms with E-state index in [0.717, 1.165) is 0 Å². The van der Waals surface area contributed by atoms with E-state index >= 15 is 0 Å². The molecule has 1 aliphatic heterocycles. The van der Waals surface area contributed by atoms with E-state index in [1.807, 2.05) is 4.90 Å². The molecule has 1 heterocycles. The van der Waals surface area contributed by atoms with E-state index in [1.165, 1.54) is 20.3 Å². The molecule has 1 N–H and O–H groups in total. The van der Waals surface area contributed by atoms with Crippen molar-refractivity contribution in [1.29, 1.82) is 0 Å². The van der Waals surface area contributed by atoms with Gasteiger partial charge >= 0.3 is 5.97 Å². The van der Waals surface area contributed by atoms with Gasteiger partial charge in [0.1, 0.15) is 5.82 Å². The highest BCUT2D eigenvalue weighted by Crippen LogP contribution is 2.31. The summed E-state index contributed by atoms with van der Waals surface area (Å²) in [5, 5.41) is 8.96. The smallest absolute Gasteiger partial charge is 0.305 e. The van der Waals surface area contributed by atoms with Crippen LogP contribution in [0.15, 0.2) is 12.1 Å². The van der Waals surface area contributed by atoms with Crippen LogP contribution in [0.3, 0.4) is 0 Å². The fourth-order valence-corrected chi connectivity index (χ4v) is 2.52. The van der Waals surface area contributed by atoms with Crippen molar-refractivity contribution in [3.05, 3.63) is 23.5 Å². The maximum absolute atomic E-state index is 14.2. The fraction of sp³-hybridized carbons (Fsp3) is 0.533. The molecule has 1 aromatic carbocycles. The van der Waals surface area contributed by atoms with Crippen molar-refractivity contribution in [2.24, 2.45) is 0 Å². The molecular weight excluding hydrogens is 293 g/mol. The highest BCUT2D eigenvalue weighted by Gasteiger charge is 2.26. The summed E-state index contributed by atoms with van der Waals surface area (Å²) < 4.78 is 29.8. The molecule has 0 aliphatic carbocycles. The third-order valence-electron chi connectivity index (χ3n) is 3.69. The van der Waals surface area contributed by atoms with Gasteiger partial charge in [-0.3, -0.25) is 9.69 Å². The number of carboxylic acids is 1. The lowest BCUT2D eigenvalue weighted by molar-refractivity contribution is -0.140. The summed E-state index contributed by atoms with van der Waals surface area (Å²) in [6.45, 7) is 1.70. The normalized spacial score (nSPS) is 19.0. The molecule has 2 rings (SSSR count). The van der Waals surface area contributed by atoms with Crippen LogP contribution in [0.5, 0.6) is 11.5 Å². The third-order valence-corrected chi connectivity index (χ3v) is 3.69. The van der Waals surface area contributed by atoms with E-state index in [4.69, 9.17) is 19.3 Å². The summed E-state index contributed by atoms with van der Waals surface area (Å²) in [7, 11) is 2.93. The van der Waals surface area contributed by atoms with Gasteiger partial charge < -0.3 is 19.3 Å². The molecule has 1 fully saturated rings. The first-order chi connectivity index (χ1) is 10.5. The first-order valence-corrected chi connectivity index (χ1v) is 6.99. The van der Waals surface area contributed by atoms with Crippen LogP contribution >= 0.6 is 0 Å². The summed E-state index contributed by atoms with van der Waals surface area (Å²) in [4.78, 5) is 12.8. The zero-order chi connectivity index (χ0) is 16.1. The van der Waals surface area contributed by atoms with Crippen molar-refractivity contribution < 1.29 is 28.5 Å². The van der Waals surface area contributed by atoms with E-state index in [9.17, 15) is 9.18 Å². The number of hydrogen-bond acceptors (Lipinski definition) is 5. The second kappa shape index (κ2) is 7.42. The number of carbonyl (C=O) groups is 1. The van der Waals surface area contributed by atoms with Gasteiger partial charge in [0.15, 0.2) is 11.5 Å². The van der Waals surface area contributed by atoms with E-state index < -0.39 is 11.8 Å². The van der Waals surface area contributed by atoms with E-state index in [1.54, 1.807) is 6.07 Å². The Hall–Kier alpha value is -1.86. The Morgan fingerprint density at radius 3 is 2.73 bits per heavy atom. The van der Waals surface area contributed by atoms with Gasteiger partial charge in [-0.2, -0.15) is 0 Å². The number of aliphatic carboxylic acids is 1. The predicted octanol–water partition coefficient (Wildman–Crippen LogP) is 1.52. The molecule has 1 unspecified atom stereocenters. The largest absolute Gasteiger partial charge is 0.493 e. The average Bonchev–Trinajstić information content (AvgIpc) is 2.50. The van der Waals surface area contributed by atoms with Crippen LogP contribution in [-0.2, 0) is 16.1 Å². The molecule has 122 valence electrons. The summed E-state index contributed by atoms with van der Waals surface area (Å²) in [6.07, 6.45) is -0.0328. The van der Waals surface area contributed by atoms with Gasteiger partial charge in [-0.25, -0.2) is 4.39 Å². The maximum Gasteiger partial charge on any atom is 0.305 e. The van der Waals surface area contributed by atoms with Gasteiger partial charge in [-0.05, 0) is 6.07 Å². The SMILES string of the molecule is COc1cc(F)c(CN2CCOCC2CC(=O)O)cc1OC. The molecule has 1 saturated heterocycles. The lowest BCUT2D eigenvalue weighted by Gasteiger charge is -2.34. The van der Waals surface area contributed by atoms with Crippen LogP contribution in [0, 0.1) is 5.82 Å². The Kier molecular flexibility index (Phi) is 5.57. The average molecular weight is 313 g/mol. The van der Waals surface area contributed by atoms with E-state index in [0.29, 0.717) is 43.4 Å². The van der Waals surface area contributed by atoms with Gasteiger partial charge in [0.05, 0.1) is 33.9 Å². The van der Waals surface area contributed by atoms with Gasteiger partial charge in [0.2, 0.25) is 0 Å². The van der Waals surface area contributed by atoms with Gasteiger partial charge in [-0.15, -0.1) is 0 Å². The molecule has 1 atom stereocenters. The van der Waals surface area contributed by atoms with Crippen LogP contribution in [0.1, 0.15) is 12.0 Å². The van der Waals surface area contributed by atoms with Crippen molar-refractivity contribution in [2.75, 3.05) is 34.0 Å². The molecule has 7 heteroatoms. The highest BCUT2D eigenvalue weighted by molar-refractivity contribution is 5.67. The zero-order valence-corrected chi connectivity index (χ0v) is 12.7. The van der Waals surface area contributed by atoms with Gasteiger partial charge in [0.25, 0.3) is 0 Å². The first kappa shape index (κ1) is 16.5. The molecule has 0 aromatic heterocycles. The topological polar surface area (TPSA) is 68.2 Å². The maximum atomic E-state index is 14.2. The second-order valence-corrected chi connectivity index (χ2v) is 5.10. The minimum atomic E-state index is -0.895. The van der Waals surface area contributed by atoms with Crippen LogP contribution in [0.2, 0.25) is 0 Å². The third kappa shape index (κ3) is 3.86. The van der Waals surface area contributed by atoms with Gasteiger partial charge in [0, 0.05) is 30.8 Å². The minimum Gasteiger partial charge on any atom is -0.493 e. The number of morpholine rings is 1. The number of halogens is 1. The lowest BCUT2D eigenvalue weighted by atomic mass is 10.1. The highest BCUT2D eigenvalue weighted by atomic mass is 19.1. The van der Waals surface area contributed by atoms with Crippen molar-refractivity contribution in [2.45, 2.75) is 19.0 Å². The standard InChI is InChI=1S/C15H20FNO5/c1-20-13-5-10(12(16)7-14(13)21-2)8-17-3-4-22-9-11(17)6-15(18)19/h5,7,11H,3-4,6,8-9H2,1-2H3,(H,18,19). The first-order valence-electron chi connectivity index (χ1n) is 6.99. The van der Waals surface area contributed by atoms with Crippen LogP contribution in [0.4, 0.5) is 4.39 Å². The Morgan fingerprint density at radius 2 is 2.09 bits per heavy atom. The van der Waals surface area contributed by atoms with Crippen molar-refractivity contribution in [3.63, 3.8) is 0 Å². The Labute approximate surface area is 128 Å². The summed E-state index contributed by atoms with van der Waals surface area (Å²) >= 11 is 0. The lowest BCUT2D eigenvalue weighted by Crippen LogP contribution is -2.46. The van der Waals surface area contributed by atoms with Crippen molar-refractivity contribution in [3.8, 4) is 11.5 Å². The van der Waals surface area contributed by atoms with E-state index in [2.05, 4.69) is 0 Å². The molecular formula is C15H20FNO5. The molecule has 0 radical (unpaired) electrons. The molecule has 22 heavy (non-hydrogen) atoms. The number of rotatable bonds is 6. The molecule has 6 nitrogen and oxygen atoms in total.